The minimum absolute atomic E-state index is 0.118. The Balaban J connectivity index is 1.50. The van der Waals surface area contributed by atoms with Crippen molar-refractivity contribution in [2.24, 2.45) is 11.7 Å². The molecule has 4 nitrogen and oxygen atoms in total. The van der Waals surface area contributed by atoms with Gasteiger partial charge in [-0.05, 0) is 68.0 Å². The summed E-state index contributed by atoms with van der Waals surface area (Å²) in [5.74, 6) is 1.31. The van der Waals surface area contributed by atoms with Crippen LogP contribution in [0.3, 0.4) is 0 Å². The zero-order valence-corrected chi connectivity index (χ0v) is 13.7. The van der Waals surface area contributed by atoms with Gasteiger partial charge in [-0.25, -0.2) is 0 Å². The largest absolute Gasteiger partial charge is 0.489 e. The molecular formula is C18H21ClN2O2. The molecule has 2 aliphatic rings. The third-order valence-electron chi connectivity index (χ3n) is 5.43. The maximum atomic E-state index is 11.8. The molecule has 1 aromatic heterocycles. The summed E-state index contributed by atoms with van der Waals surface area (Å²) in [6.07, 6.45) is 8.48. The molecule has 0 atom stereocenters. The number of ether oxygens (including phenoxy) is 1. The number of benzene rings is 1. The Morgan fingerprint density at radius 2 is 1.96 bits per heavy atom. The molecule has 0 aliphatic heterocycles. The van der Waals surface area contributed by atoms with Gasteiger partial charge in [0.2, 0.25) is 0 Å². The number of aromatic nitrogens is 1. The third kappa shape index (κ3) is 2.86. The van der Waals surface area contributed by atoms with Crippen LogP contribution in [0.15, 0.2) is 29.2 Å². The van der Waals surface area contributed by atoms with Gasteiger partial charge in [-0.2, -0.15) is 0 Å². The summed E-state index contributed by atoms with van der Waals surface area (Å²) < 4.78 is 6.13. The molecule has 0 saturated heterocycles. The quantitative estimate of drug-likeness (QED) is 0.902. The van der Waals surface area contributed by atoms with E-state index >= 15 is 0 Å². The van der Waals surface area contributed by atoms with Gasteiger partial charge in [0.1, 0.15) is 5.75 Å². The average molecular weight is 333 g/mol. The summed E-state index contributed by atoms with van der Waals surface area (Å²) in [4.78, 5) is 14.5. The van der Waals surface area contributed by atoms with Crippen molar-refractivity contribution >= 4 is 22.4 Å². The molecule has 1 heterocycles. The molecule has 2 aliphatic carbocycles. The second kappa shape index (κ2) is 5.53. The number of nitrogens with two attached hydrogens (primary N) is 1. The minimum Gasteiger partial charge on any atom is -0.489 e. The van der Waals surface area contributed by atoms with E-state index in [1.165, 1.54) is 12.8 Å². The number of aromatic amines is 1. The molecule has 5 heteroatoms. The topological polar surface area (TPSA) is 68.1 Å². The fourth-order valence-corrected chi connectivity index (χ4v) is 3.97. The van der Waals surface area contributed by atoms with Crippen molar-refractivity contribution in [3.8, 4) is 5.75 Å². The maximum Gasteiger partial charge on any atom is 0.255 e. The van der Waals surface area contributed by atoms with Gasteiger partial charge < -0.3 is 15.5 Å². The predicted molar refractivity (Wildman–Crippen MR) is 92.1 cm³/mol. The fourth-order valence-electron chi connectivity index (χ4n) is 3.77. The molecule has 0 bridgehead atoms. The smallest absolute Gasteiger partial charge is 0.255 e. The highest BCUT2D eigenvalue weighted by atomic mass is 35.5. The van der Waals surface area contributed by atoms with Crippen molar-refractivity contribution in [1.82, 2.24) is 4.98 Å². The number of hydrogen-bond donors (Lipinski definition) is 2. The van der Waals surface area contributed by atoms with Crippen LogP contribution >= 0.6 is 11.6 Å². The predicted octanol–water partition coefficient (Wildman–Crippen LogP) is 3.61. The van der Waals surface area contributed by atoms with E-state index in [2.05, 4.69) is 4.98 Å². The molecule has 4 rings (SSSR count). The summed E-state index contributed by atoms with van der Waals surface area (Å²) in [6.45, 7) is 0. The van der Waals surface area contributed by atoms with Gasteiger partial charge in [-0.3, -0.25) is 4.79 Å². The van der Waals surface area contributed by atoms with Crippen LogP contribution in [0.2, 0.25) is 5.02 Å². The Hall–Kier alpha value is -1.52. The van der Waals surface area contributed by atoms with Crippen molar-refractivity contribution in [2.45, 2.75) is 50.2 Å². The number of halogens is 1. The fraction of sp³-hybridized carbons (Fsp3) is 0.500. The summed E-state index contributed by atoms with van der Waals surface area (Å²) in [5, 5.41) is 1.93. The van der Waals surface area contributed by atoms with Crippen molar-refractivity contribution in [1.29, 1.82) is 0 Å². The maximum absolute atomic E-state index is 11.8. The normalized spacial score (nSPS) is 26.2. The van der Waals surface area contributed by atoms with Crippen molar-refractivity contribution < 1.29 is 4.74 Å². The van der Waals surface area contributed by atoms with Crippen LogP contribution in [0.1, 0.15) is 38.5 Å². The first-order valence-electron chi connectivity index (χ1n) is 8.32. The molecule has 23 heavy (non-hydrogen) atoms. The van der Waals surface area contributed by atoms with Crippen LogP contribution in [0.25, 0.3) is 10.8 Å². The van der Waals surface area contributed by atoms with Crippen molar-refractivity contribution in [2.75, 3.05) is 0 Å². The molecule has 122 valence electrons. The van der Waals surface area contributed by atoms with Gasteiger partial charge >= 0.3 is 0 Å². The number of nitrogens with one attached hydrogen (secondary N) is 1. The first-order chi connectivity index (χ1) is 11.0. The van der Waals surface area contributed by atoms with E-state index in [1.54, 1.807) is 12.3 Å². The molecule has 0 radical (unpaired) electrons. The van der Waals surface area contributed by atoms with Crippen LogP contribution in [0.4, 0.5) is 0 Å². The van der Waals surface area contributed by atoms with Crippen LogP contribution in [-0.4, -0.2) is 16.6 Å². The molecule has 2 saturated carbocycles. The van der Waals surface area contributed by atoms with Crippen molar-refractivity contribution in [3.05, 3.63) is 39.8 Å². The van der Waals surface area contributed by atoms with Gasteiger partial charge in [0.05, 0.1) is 11.1 Å². The highest BCUT2D eigenvalue weighted by Gasteiger charge is 2.46. The highest BCUT2D eigenvalue weighted by Crippen LogP contribution is 2.46. The monoisotopic (exact) mass is 332 g/mol. The van der Waals surface area contributed by atoms with E-state index in [0.717, 1.165) is 31.1 Å². The SMILES string of the molecule is NC1(C2CCC(Oc3cc4cc[nH]c(=O)c4cc3Cl)CC2)CC1. The van der Waals surface area contributed by atoms with Gasteiger partial charge in [0.25, 0.3) is 5.56 Å². The summed E-state index contributed by atoms with van der Waals surface area (Å²) in [7, 11) is 0. The highest BCUT2D eigenvalue weighted by molar-refractivity contribution is 6.32. The van der Waals surface area contributed by atoms with Gasteiger partial charge in [0, 0.05) is 17.1 Å². The average Bonchev–Trinajstić information content (AvgIpc) is 3.29. The zero-order chi connectivity index (χ0) is 16.0. The van der Waals surface area contributed by atoms with Crippen LogP contribution in [0.5, 0.6) is 5.75 Å². The second-order valence-electron chi connectivity index (χ2n) is 7.00. The second-order valence-corrected chi connectivity index (χ2v) is 7.41. The van der Waals surface area contributed by atoms with Crippen molar-refractivity contribution in [3.63, 3.8) is 0 Å². The standard InChI is InChI=1S/C18H21ClN2O2/c19-15-10-14-11(5-8-21-17(14)22)9-16(15)23-13-3-1-12(2-4-13)18(20)6-7-18/h5,8-10,12-13H,1-4,6-7,20H2,(H,21,22). The number of pyridine rings is 1. The summed E-state index contributed by atoms with van der Waals surface area (Å²) in [6, 6.07) is 5.42. The third-order valence-corrected chi connectivity index (χ3v) is 5.73. The molecular weight excluding hydrogens is 312 g/mol. The molecule has 2 fully saturated rings. The van der Waals surface area contributed by atoms with E-state index in [4.69, 9.17) is 22.1 Å². The van der Waals surface area contributed by atoms with E-state index in [0.29, 0.717) is 22.1 Å². The lowest BCUT2D eigenvalue weighted by Crippen LogP contribution is -2.37. The number of hydrogen-bond acceptors (Lipinski definition) is 3. The number of fused-ring (bicyclic) bond motifs is 1. The minimum atomic E-state index is -0.130. The van der Waals surface area contributed by atoms with Crippen LogP contribution in [0, 0.1) is 5.92 Å². The Labute approximate surface area is 140 Å². The Bertz CT molecular complexity index is 789. The number of rotatable bonds is 3. The number of H-pyrrole nitrogens is 1. The lowest BCUT2D eigenvalue weighted by atomic mass is 9.81. The summed E-state index contributed by atoms with van der Waals surface area (Å²) in [5.41, 5.74) is 6.31. The van der Waals surface area contributed by atoms with Gasteiger partial charge in [0.15, 0.2) is 0 Å². The van der Waals surface area contributed by atoms with E-state index in [-0.39, 0.29) is 17.2 Å². The van der Waals surface area contributed by atoms with E-state index in [1.807, 2.05) is 12.1 Å². The first-order valence-corrected chi connectivity index (χ1v) is 8.69. The Morgan fingerprint density at radius 3 is 2.65 bits per heavy atom. The Morgan fingerprint density at radius 1 is 1.22 bits per heavy atom. The van der Waals surface area contributed by atoms with Gasteiger partial charge in [-0.15, -0.1) is 0 Å². The molecule has 0 spiro atoms. The van der Waals surface area contributed by atoms with Gasteiger partial charge in [-0.1, -0.05) is 11.6 Å². The van der Waals surface area contributed by atoms with E-state index in [9.17, 15) is 4.79 Å². The lowest BCUT2D eigenvalue weighted by Gasteiger charge is -2.32. The zero-order valence-electron chi connectivity index (χ0n) is 13.0. The molecule has 0 unspecified atom stereocenters. The molecule has 1 aromatic carbocycles. The van der Waals surface area contributed by atoms with E-state index < -0.39 is 0 Å². The van der Waals surface area contributed by atoms with Crippen LogP contribution in [-0.2, 0) is 0 Å². The first kappa shape index (κ1) is 15.0. The Kier molecular flexibility index (Phi) is 3.62. The molecule has 3 N–H and O–H groups in total. The molecule has 0 amide bonds. The summed E-state index contributed by atoms with van der Waals surface area (Å²) >= 11 is 6.31. The lowest BCUT2D eigenvalue weighted by molar-refractivity contribution is 0.120. The van der Waals surface area contributed by atoms with Crippen LogP contribution < -0.4 is 16.0 Å². The molecule has 2 aromatic rings.